The predicted molar refractivity (Wildman–Crippen MR) is 99.7 cm³/mol. The first-order valence-electron chi connectivity index (χ1n) is 9.31. The van der Waals surface area contributed by atoms with Crippen LogP contribution in [-0.4, -0.2) is 7.85 Å². The molecule has 0 aromatic carbocycles. The van der Waals surface area contributed by atoms with Crippen LogP contribution in [0.4, 0.5) is 0 Å². The van der Waals surface area contributed by atoms with Crippen molar-refractivity contribution >= 4 is 7.85 Å². The van der Waals surface area contributed by atoms with Crippen LogP contribution in [0.3, 0.4) is 0 Å². The first kappa shape index (κ1) is 19.1. The first-order valence-corrected chi connectivity index (χ1v) is 9.31. The summed E-state index contributed by atoms with van der Waals surface area (Å²) in [7, 11) is 2.58. The average molecular weight is 292 g/mol. The van der Waals surface area contributed by atoms with Gasteiger partial charge in [0.15, 0.2) is 0 Å². The average Bonchev–Trinajstić information content (AvgIpc) is 2.22. The maximum Gasteiger partial charge on any atom is 0.110 e. The van der Waals surface area contributed by atoms with Gasteiger partial charge in [0.1, 0.15) is 7.85 Å². The van der Waals surface area contributed by atoms with Crippen LogP contribution in [0.15, 0.2) is 0 Å². The Morgan fingerprint density at radius 2 is 1.33 bits per heavy atom. The van der Waals surface area contributed by atoms with E-state index in [-0.39, 0.29) is 0 Å². The summed E-state index contributed by atoms with van der Waals surface area (Å²) < 4.78 is 0. The van der Waals surface area contributed by atoms with Crippen LogP contribution >= 0.6 is 0 Å². The van der Waals surface area contributed by atoms with E-state index >= 15 is 0 Å². The smallest absolute Gasteiger partial charge is 0.0623 e. The van der Waals surface area contributed by atoms with Gasteiger partial charge in [-0.25, -0.2) is 0 Å². The molecule has 1 fully saturated rings. The lowest BCUT2D eigenvalue weighted by Crippen LogP contribution is -2.37. The quantitative estimate of drug-likeness (QED) is 0.539. The molecule has 0 atom stereocenters. The van der Waals surface area contributed by atoms with E-state index in [2.05, 4.69) is 63.2 Å². The van der Waals surface area contributed by atoms with Crippen molar-refractivity contribution in [1.82, 2.24) is 0 Å². The van der Waals surface area contributed by atoms with E-state index in [9.17, 15) is 0 Å². The topological polar surface area (TPSA) is 0 Å². The second-order valence-corrected chi connectivity index (χ2v) is 10.7. The summed E-state index contributed by atoms with van der Waals surface area (Å²) in [4.78, 5) is 0. The van der Waals surface area contributed by atoms with E-state index in [0.717, 1.165) is 5.92 Å². The highest BCUT2D eigenvalue weighted by Crippen LogP contribution is 2.58. The summed E-state index contributed by atoms with van der Waals surface area (Å²) in [6, 6.07) is 0. The number of rotatable bonds is 3. The van der Waals surface area contributed by atoms with Gasteiger partial charge in [0, 0.05) is 0 Å². The molecule has 0 spiro atoms. The maximum absolute atomic E-state index is 2.58. The van der Waals surface area contributed by atoms with E-state index in [1.54, 1.807) is 0 Å². The molecule has 1 aliphatic carbocycles. The van der Waals surface area contributed by atoms with Crippen LogP contribution < -0.4 is 0 Å². The lowest BCUT2D eigenvalue weighted by molar-refractivity contribution is 0.0904. The third-order valence-corrected chi connectivity index (χ3v) is 6.95. The molecule has 0 amide bonds. The van der Waals surface area contributed by atoms with E-state index in [0.29, 0.717) is 21.6 Å². The van der Waals surface area contributed by atoms with E-state index in [1.807, 2.05) is 0 Å². The molecule has 1 rings (SSSR count). The highest BCUT2D eigenvalue weighted by molar-refractivity contribution is 6.15. The largest absolute Gasteiger partial charge is 0.110 e. The third-order valence-electron chi connectivity index (χ3n) is 6.95. The van der Waals surface area contributed by atoms with Gasteiger partial charge in [-0.3, -0.25) is 0 Å². The second-order valence-electron chi connectivity index (χ2n) is 10.7. The minimum absolute atomic E-state index is 0.432. The summed E-state index contributed by atoms with van der Waals surface area (Å²) in [5, 5.41) is 0.512. The summed E-state index contributed by atoms with van der Waals surface area (Å²) in [6.45, 7) is 19.6. The molecule has 21 heavy (non-hydrogen) atoms. The summed E-state index contributed by atoms with van der Waals surface area (Å²) in [5.74, 6) is 0.824. The Morgan fingerprint density at radius 1 is 0.905 bits per heavy atom. The zero-order chi connectivity index (χ0) is 16.5. The molecule has 0 N–H and O–H groups in total. The Morgan fingerprint density at radius 3 is 1.67 bits per heavy atom. The fraction of sp³-hybridized carbons (Fsp3) is 1.00. The van der Waals surface area contributed by atoms with Crippen molar-refractivity contribution in [2.24, 2.45) is 22.2 Å². The van der Waals surface area contributed by atoms with E-state index in [4.69, 9.17) is 0 Å². The molecule has 1 heteroatoms. The van der Waals surface area contributed by atoms with E-state index < -0.39 is 0 Å². The standard InChI is InChI=1S/C20H41B/c1-16(2)19(8)11-9-13-20(21,14-10-12-19)18(6,7)15-17(3,4)5/h16H,9-15,21H2,1-8H3. The summed E-state index contributed by atoms with van der Waals surface area (Å²) in [6.07, 6.45) is 9.84. The van der Waals surface area contributed by atoms with Crippen molar-refractivity contribution in [2.75, 3.05) is 0 Å². The highest BCUT2D eigenvalue weighted by atomic mass is 14.5. The lowest BCUT2D eigenvalue weighted by Gasteiger charge is -2.50. The highest BCUT2D eigenvalue weighted by Gasteiger charge is 2.43. The number of hydrogen-bond acceptors (Lipinski definition) is 0. The molecule has 1 saturated carbocycles. The predicted octanol–water partition coefficient (Wildman–Crippen LogP) is 6.26. The van der Waals surface area contributed by atoms with Crippen LogP contribution in [0.25, 0.3) is 0 Å². The van der Waals surface area contributed by atoms with Gasteiger partial charge in [-0.2, -0.15) is 0 Å². The maximum atomic E-state index is 2.58. The monoisotopic (exact) mass is 292 g/mol. The first-order chi connectivity index (χ1) is 9.31. The van der Waals surface area contributed by atoms with Crippen molar-refractivity contribution in [2.45, 2.75) is 106 Å². The Labute approximate surface area is 136 Å². The Balaban J connectivity index is 2.81. The summed E-state index contributed by atoms with van der Waals surface area (Å²) in [5.41, 5.74) is 1.45. The van der Waals surface area contributed by atoms with Crippen LogP contribution in [0.5, 0.6) is 0 Å². The van der Waals surface area contributed by atoms with Gasteiger partial charge in [-0.1, -0.05) is 86.4 Å². The zero-order valence-electron chi connectivity index (χ0n) is 16.5. The minimum atomic E-state index is 0.432. The fourth-order valence-corrected chi connectivity index (χ4v) is 4.81. The van der Waals surface area contributed by atoms with Gasteiger partial charge in [-0.05, 0) is 41.4 Å². The fourth-order valence-electron chi connectivity index (χ4n) is 4.81. The van der Waals surface area contributed by atoms with Crippen molar-refractivity contribution in [3.05, 3.63) is 0 Å². The van der Waals surface area contributed by atoms with Crippen molar-refractivity contribution < 1.29 is 0 Å². The SMILES string of the molecule is BC1(C(C)(C)CC(C)(C)C)CCCC(C)(C(C)C)CCC1. The van der Waals surface area contributed by atoms with Gasteiger partial charge < -0.3 is 0 Å². The van der Waals surface area contributed by atoms with E-state index in [1.165, 1.54) is 44.9 Å². The third kappa shape index (κ3) is 4.77. The van der Waals surface area contributed by atoms with Crippen LogP contribution in [0.1, 0.15) is 100 Å². The van der Waals surface area contributed by atoms with Crippen LogP contribution in [0.2, 0.25) is 5.31 Å². The molecule has 0 radical (unpaired) electrons. The zero-order valence-corrected chi connectivity index (χ0v) is 16.5. The summed E-state index contributed by atoms with van der Waals surface area (Å²) >= 11 is 0. The molecule has 0 nitrogen and oxygen atoms in total. The second kappa shape index (κ2) is 6.28. The molecule has 0 aliphatic heterocycles. The Bertz CT molecular complexity index is 322. The molecule has 124 valence electrons. The molecule has 0 aromatic rings. The Hall–Kier alpha value is 0.0649. The van der Waals surface area contributed by atoms with Crippen LogP contribution in [0, 0.1) is 22.2 Å². The van der Waals surface area contributed by atoms with Gasteiger partial charge >= 0.3 is 0 Å². The van der Waals surface area contributed by atoms with Gasteiger partial charge in [-0.15, -0.1) is 0 Å². The van der Waals surface area contributed by atoms with Crippen molar-refractivity contribution in [3.63, 3.8) is 0 Å². The molecule has 1 aliphatic rings. The van der Waals surface area contributed by atoms with Crippen molar-refractivity contribution in [3.8, 4) is 0 Å². The number of hydrogen-bond donors (Lipinski definition) is 0. The Kier molecular flexibility index (Phi) is 5.72. The van der Waals surface area contributed by atoms with Gasteiger partial charge in [0.2, 0.25) is 0 Å². The lowest BCUT2D eigenvalue weighted by atomic mass is 9.46. The molecule has 0 aromatic heterocycles. The van der Waals surface area contributed by atoms with Gasteiger partial charge in [0.05, 0.1) is 0 Å². The molecule has 0 saturated heterocycles. The molecule has 0 unspecified atom stereocenters. The molecule has 0 bridgehead atoms. The van der Waals surface area contributed by atoms with Crippen LogP contribution in [-0.2, 0) is 0 Å². The minimum Gasteiger partial charge on any atom is -0.0623 e. The molecular formula is C20H41B. The molecule has 0 heterocycles. The molecular weight excluding hydrogens is 251 g/mol. The van der Waals surface area contributed by atoms with Crippen molar-refractivity contribution in [1.29, 1.82) is 0 Å². The van der Waals surface area contributed by atoms with Gasteiger partial charge in [0.25, 0.3) is 0 Å². The normalized spacial score (nSPS) is 32.8.